The fourth-order valence-electron chi connectivity index (χ4n) is 2.77. The highest BCUT2D eigenvalue weighted by atomic mass is 32.2. The first kappa shape index (κ1) is 16.0. The molecule has 0 spiro atoms. The van der Waals surface area contributed by atoms with Gasteiger partial charge in [-0.2, -0.15) is 0 Å². The van der Waals surface area contributed by atoms with E-state index in [4.69, 9.17) is 0 Å². The molecular weight excluding hydrogens is 310 g/mol. The Balaban J connectivity index is 1.48. The van der Waals surface area contributed by atoms with Gasteiger partial charge >= 0.3 is 0 Å². The summed E-state index contributed by atoms with van der Waals surface area (Å²) in [6, 6.07) is 4.08. The van der Waals surface area contributed by atoms with Crippen molar-refractivity contribution in [2.24, 2.45) is 0 Å². The largest absolute Gasteiger partial charge is 0.353 e. The zero-order chi connectivity index (χ0) is 15.9. The summed E-state index contributed by atoms with van der Waals surface area (Å²) < 4.78 is 0. The molecule has 0 radical (unpaired) electrons. The van der Waals surface area contributed by atoms with Crippen molar-refractivity contribution in [1.82, 2.24) is 25.5 Å². The molecule has 6 nitrogen and oxygen atoms in total. The van der Waals surface area contributed by atoms with Gasteiger partial charge in [0.25, 0.3) is 0 Å². The molecule has 1 aliphatic carbocycles. The van der Waals surface area contributed by atoms with Gasteiger partial charge in [-0.05, 0) is 25.0 Å². The summed E-state index contributed by atoms with van der Waals surface area (Å²) in [6.07, 6.45) is 10.6. The van der Waals surface area contributed by atoms with Crippen LogP contribution in [0, 0.1) is 0 Å². The van der Waals surface area contributed by atoms with Crippen molar-refractivity contribution in [1.29, 1.82) is 0 Å². The zero-order valence-corrected chi connectivity index (χ0v) is 13.8. The molecule has 23 heavy (non-hydrogen) atoms. The lowest BCUT2D eigenvalue weighted by atomic mass is 10.1. The van der Waals surface area contributed by atoms with Crippen LogP contribution in [0.1, 0.15) is 38.5 Å². The number of carbonyl (C=O) groups excluding carboxylic acids is 1. The number of aromatic nitrogens is 4. The summed E-state index contributed by atoms with van der Waals surface area (Å²) in [4.78, 5) is 20.4. The van der Waals surface area contributed by atoms with Crippen molar-refractivity contribution >= 4 is 17.7 Å². The molecule has 1 fully saturated rings. The highest BCUT2D eigenvalue weighted by Gasteiger charge is 2.15. The van der Waals surface area contributed by atoms with Crippen LogP contribution in [0.2, 0.25) is 0 Å². The van der Waals surface area contributed by atoms with Gasteiger partial charge in [0.1, 0.15) is 0 Å². The summed E-state index contributed by atoms with van der Waals surface area (Å²) in [5.74, 6) is 1.11. The number of amides is 1. The van der Waals surface area contributed by atoms with E-state index in [0.717, 1.165) is 18.4 Å². The first-order valence-corrected chi connectivity index (χ1v) is 9.05. The van der Waals surface area contributed by atoms with Crippen LogP contribution in [-0.2, 0) is 4.79 Å². The van der Waals surface area contributed by atoms with Gasteiger partial charge in [-0.3, -0.25) is 14.9 Å². The lowest BCUT2D eigenvalue weighted by Gasteiger charge is -2.15. The normalized spacial score (nSPS) is 16.0. The smallest absolute Gasteiger partial charge is 0.230 e. The molecule has 1 saturated carbocycles. The number of hydrogen-bond donors (Lipinski definition) is 2. The number of nitrogens with zero attached hydrogens (tertiary/aromatic N) is 3. The standard InChI is InChI=1S/C16H21N5OS/c22-14(18-13-5-3-1-2-4-6-13)11-23-16-19-15(20-21-16)12-7-9-17-10-8-12/h7-10,13H,1-6,11H2,(H,18,22)(H,19,20,21). The average molecular weight is 331 g/mol. The Labute approximate surface area is 139 Å². The first-order chi connectivity index (χ1) is 11.3. The van der Waals surface area contributed by atoms with E-state index in [1.807, 2.05) is 12.1 Å². The third-order valence-electron chi connectivity index (χ3n) is 3.97. The molecule has 1 aliphatic rings. The molecule has 0 atom stereocenters. The van der Waals surface area contributed by atoms with Gasteiger partial charge in [0.2, 0.25) is 11.1 Å². The molecule has 0 aromatic carbocycles. The van der Waals surface area contributed by atoms with Crippen molar-refractivity contribution in [3.05, 3.63) is 24.5 Å². The van der Waals surface area contributed by atoms with Crippen LogP contribution in [0.5, 0.6) is 0 Å². The van der Waals surface area contributed by atoms with Gasteiger partial charge in [0.15, 0.2) is 5.82 Å². The third-order valence-corrected chi connectivity index (χ3v) is 4.82. The minimum Gasteiger partial charge on any atom is -0.353 e. The van der Waals surface area contributed by atoms with Gasteiger partial charge in [-0.25, -0.2) is 4.98 Å². The summed E-state index contributed by atoms with van der Waals surface area (Å²) >= 11 is 1.36. The molecular formula is C16H21N5OS. The molecule has 2 N–H and O–H groups in total. The molecule has 1 amide bonds. The quantitative estimate of drug-likeness (QED) is 0.650. The number of aromatic amines is 1. The SMILES string of the molecule is O=C(CSc1n[nH]c(-c2ccncc2)n1)NC1CCCCCC1. The lowest BCUT2D eigenvalue weighted by molar-refractivity contribution is -0.119. The predicted octanol–water partition coefficient (Wildman–Crippen LogP) is 2.80. The van der Waals surface area contributed by atoms with Crippen LogP contribution in [0.15, 0.2) is 29.7 Å². The number of carbonyl (C=O) groups is 1. The summed E-state index contributed by atoms with van der Waals surface area (Å²) in [5, 5.41) is 10.8. The monoisotopic (exact) mass is 331 g/mol. The Hall–Kier alpha value is -1.89. The maximum Gasteiger partial charge on any atom is 0.230 e. The van der Waals surface area contributed by atoms with E-state index in [0.29, 0.717) is 22.8 Å². The summed E-state index contributed by atoms with van der Waals surface area (Å²) in [6.45, 7) is 0. The second-order valence-corrected chi connectivity index (χ2v) is 6.69. The van der Waals surface area contributed by atoms with Crippen LogP contribution in [0.25, 0.3) is 11.4 Å². The second kappa shape index (κ2) is 8.10. The zero-order valence-electron chi connectivity index (χ0n) is 13.0. The van der Waals surface area contributed by atoms with Gasteiger partial charge < -0.3 is 5.32 Å². The maximum atomic E-state index is 12.1. The molecule has 2 heterocycles. The van der Waals surface area contributed by atoms with Crippen LogP contribution in [0.4, 0.5) is 0 Å². The minimum absolute atomic E-state index is 0.0668. The van der Waals surface area contributed by atoms with Crippen LogP contribution in [-0.4, -0.2) is 37.9 Å². The van der Waals surface area contributed by atoms with Gasteiger partial charge in [0.05, 0.1) is 5.75 Å². The Kier molecular flexibility index (Phi) is 5.63. The number of pyridine rings is 1. The van der Waals surface area contributed by atoms with E-state index >= 15 is 0 Å². The van der Waals surface area contributed by atoms with Crippen LogP contribution in [0.3, 0.4) is 0 Å². The average Bonchev–Trinajstić information content (AvgIpc) is 2.91. The fourth-order valence-corrected chi connectivity index (χ4v) is 3.38. The van der Waals surface area contributed by atoms with Crippen molar-refractivity contribution in [2.75, 3.05) is 5.75 Å². The number of hydrogen-bond acceptors (Lipinski definition) is 5. The topological polar surface area (TPSA) is 83.6 Å². The van der Waals surface area contributed by atoms with Gasteiger partial charge in [-0.15, -0.1) is 5.10 Å². The third kappa shape index (κ3) is 4.79. The Bertz CT molecular complexity index is 622. The van der Waals surface area contributed by atoms with E-state index in [1.165, 1.54) is 37.4 Å². The summed E-state index contributed by atoms with van der Waals surface area (Å²) in [5.41, 5.74) is 0.933. The molecule has 2 aromatic rings. The van der Waals surface area contributed by atoms with Gasteiger partial charge in [-0.1, -0.05) is 37.4 Å². The highest BCUT2D eigenvalue weighted by molar-refractivity contribution is 7.99. The van der Waals surface area contributed by atoms with E-state index in [9.17, 15) is 4.79 Å². The van der Waals surface area contributed by atoms with Crippen molar-refractivity contribution < 1.29 is 4.79 Å². The maximum absolute atomic E-state index is 12.1. The molecule has 0 bridgehead atoms. The predicted molar refractivity (Wildman–Crippen MR) is 90.0 cm³/mol. The lowest BCUT2D eigenvalue weighted by Crippen LogP contribution is -2.35. The second-order valence-electron chi connectivity index (χ2n) is 5.75. The fraction of sp³-hybridized carbons (Fsp3) is 0.500. The van der Waals surface area contributed by atoms with Crippen molar-refractivity contribution in [2.45, 2.75) is 49.7 Å². The van der Waals surface area contributed by atoms with E-state index in [-0.39, 0.29) is 5.91 Å². The Morgan fingerprint density at radius 1 is 1.22 bits per heavy atom. The molecule has 2 aromatic heterocycles. The van der Waals surface area contributed by atoms with E-state index in [2.05, 4.69) is 25.5 Å². The minimum atomic E-state index is 0.0668. The van der Waals surface area contributed by atoms with Gasteiger partial charge in [0, 0.05) is 24.0 Å². The first-order valence-electron chi connectivity index (χ1n) is 8.06. The van der Waals surface area contributed by atoms with E-state index in [1.54, 1.807) is 12.4 Å². The molecule has 0 saturated heterocycles. The highest BCUT2D eigenvalue weighted by Crippen LogP contribution is 2.19. The van der Waals surface area contributed by atoms with Crippen LogP contribution < -0.4 is 5.32 Å². The van der Waals surface area contributed by atoms with E-state index < -0.39 is 0 Å². The summed E-state index contributed by atoms with van der Waals surface area (Å²) in [7, 11) is 0. The number of nitrogens with one attached hydrogen (secondary N) is 2. The molecule has 122 valence electrons. The number of H-pyrrole nitrogens is 1. The molecule has 3 rings (SSSR count). The Morgan fingerprint density at radius 3 is 2.70 bits per heavy atom. The Morgan fingerprint density at radius 2 is 1.96 bits per heavy atom. The molecule has 0 aliphatic heterocycles. The number of thioether (sulfide) groups is 1. The van der Waals surface area contributed by atoms with Crippen LogP contribution >= 0.6 is 11.8 Å². The molecule has 7 heteroatoms. The van der Waals surface area contributed by atoms with Crippen molar-refractivity contribution in [3.63, 3.8) is 0 Å². The van der Waals surface area contributed by atoms with Crippen molar-refractivity contribution in [3.8, 4) is 11.4 Å². The molecule has 0 unspecified atom stereocenters. The number of rotatable bonds is 5.